The minimum Gasteiger partial charge on any atom is -0.508 e. The largest absolute Gasteiger partial charge is 0.508 e. The van der Waals surface area contributed by atoms with E-state index in [9.17, 15) is 9.90 Å². The number of aliphatic imine (C=N–C) groups is 1. The van der Waals surface area contributed by atoms with E-state index in [1.165, 1.54) is 29.7 Å². The maximum Gasteiger partial charge on any atom is 0.174 e. The van der Waals surface area contributed by atoms with Crippen molar-refractivity contribution >= 4 is 11.5 Å². The van der Waals surface area contributed by atoms with E-state index < -0.39 is 6.10 Å². The Balaban J connectivity index is 1.68. The van der Waals surface area contributed by atoms with Crippen LogP contribution in [-0.2, 0) is 9.53 Å². The number of aliphatic hydroxyl groups is 1. The summed E-state index contributed by atoms with van der Waals surface area (Å²) < 4.78 is 6.12. The third kappa shape index (κ3) is 1.80. The highest BCUT2D eigenvalue weighted by molar-refractivity contribution is 5.98. The lowest BCUT2D eigenvalue weighted by Crippen LogP contribution is -2.52. The van der Waals surface area contributed by atoms with Crippen molar-refractivity contribution in [3.63, 3.8) is 0 Å². The number of Topliss-reactive ketones (excluding diaryl/α,β-unsaturated/α-hetero) is 1. The van der Waals surface area contributed by atoms with E-state index in [1.54, 1.807) is 0 Å². The molecule has 24 heavy (non-hydrogen) atoms. The second-order valence-corrected chi connectivity index (χ2v) is 8.16. The fraction of sp³-hybridized carbons (Fsp3) is 0.700. The van der Waals surface area contributed by atoms with Crippen LogP contribution in [-0.4, -0.2) is 29.3 Å². The summed E-state index contributed by atoms with van der Waals surface area (Å²) in [5.41, 5.74) is 3.59. The fourth-order valence-corrected chi connectivity index (χ4v) is 5.52. The van der Waals surface area contributed by atoms with Crippen LogP contribution in [0.3, 0.4) is 0 Å². The van der Waals surface area contributed by atoms with Crippen molar-refractivity contribution in [2.75, 3.05) is 6.54 Å². The lowest BCUT2D eigenvalue weighted by Gasteiger charge is -2.47. The Hall–Kier alpha value is -1.58. The molecule has 0 radical (unpaired) electrons. The van der Waals surface area contributed by atoms with Gasteiger partial charge >= 0.3 is 0 Å². The van der Waals surface area contributed by atoms with Crippen molar-refractivity contribution < 1.29 is 14.6 Å². The summed E-state index contributed by atoms with van der Waals surface area (Å²) >= 11 is 0. The van der Waals surface area contributed by atoms with Crippen molar-refractivity contribution in [1.82, 2.24) is 0 Å². The molecule has 0 aromatic carbocycles. The number of rotatable bonds is 3. The van der Waals surface area contributed by atoms with E-state index in [-0.39, 0.29) is 11.2 Å². The number of ketones is 1. The van der Waals surface area contributed by atoms with Crippen LogP contribution in [0.1, 0.15) is 58.3 Å². The molecule has 1 heterocycles. The summed E-state index contributed by atoms with van der Waals surface area (Å²) in [7, 11) is 0. The van der Waals surface area contributed by atoms with Crippen LogP contribution in [0.5, 0.6) is 0 Å². The van der Waals surface area contributed by atoms with E-state index in [1.807, 2.05) is 0 Å². The average Bonchev–Trinajstić information content (AvgIpc) is 3.34. The molecular weight excluding hydrogens is 302 g/mol. The van der Waals surface area contributed by atoms with Crippen molar-refractivity contribution in [3.8, 4) is 0 Å². The molecule has 5 rings (SSSR count). The van der Waals surface area contributed by atoms with E-state index in [4.69, 9.17) is 9.73 Å². The molecule has 128 valence electrons. The van der Waals surface area contributed by atoms with Crippen molar-refractivity contribution in [2.24, 2.45) is 22.2 Å². The van der Waals surface area contributed by atoms with Crippen LogP contribution in [0.2, 0.25) is 0 Å². The third-order valence-electron chi connectivity index (χ3n) is 6.90. The Labute approximate surface area is 142 Å². The minimum atomic E-state index is -0.409. The van der Waals surface area contributed by atoms with Gasteiger partial charge < -0.3 is 9.84 Å². The normalized spacial score (nSPS) is 39.4. The number of hydrogen-bond donors (Lipinski definition) is 1. The maximum absolute atomic E-state index is 12.7. The summed E-state index contributed by atoms with van der Waals surface area (Å²) in [5, 5.41) is 10.4. The molecule has 0 bridgehead atoms. The van der Waals surface area contributed by atoms with Crippen molar-refractivity contribution in [1.29, 1.82) is 0 Å². The molecule has 0 aromatic rings. The Kier molecular flexibility index (Phi) is 3.05. The summed E-state index contributed by atoms with van der Waals surface area (Å²) in [6.45, 7) is 3.13. The number of allylic oxidation sites excluding steroid dienone is 3. The van der Waals surface area contributed by atoms with Crippen LogP contribution in [0, 0.1) is 17.3 Å². The predicted molar refractivity (Wildman–Crippen MR) is 90.9 cm³/mol. The molecule has 1 aliphatic heterocycles. The molecule has 0 spiro atoms. The Morgan fingerprint density at radius 2 is 2.08 bits per heavy atom. The number of hydrogen-bond acceptors (Lipinski definition) is 4. The van der Waals surface area contributed by atoms with Gasteiger partial charge in [-0.3, -0.25) is 9.79 Å². The Morgan fingerprint density at radius 3 is 2.83 bits per heavy atom. The summed E-state index contributed by atoms with van der Waals surface area (Å²) in [6.07, 6.45) is 7.02. The SMILES string of the molecule is CC[C@@]12C3=C4CCC(O)=C3OC1C(=O)CCC2C(=NCC1CC1)C4. The van der Waals surface area contributed by atoms with Gasteiger partial charge in [0.25, 0.3) is 0 Å². The van der Waals surface area contributed by atoms with Gasteiger partial charge in [-0.2, -0.15) is 0 Å². The van der Waals surface area contributed by atoms with Crippen molar-refractivity contribution in [2.45, 2.75) is 64.4 Å². The van der Waals surface area contributed by atoms with Crippen LogP contribution in [0.25, 0.3) is 0 Å². The molecule has 2 unspecified atom stereocenters. The highest BCUT2D eigenvalue weighted by Crippen LogP contribution is 2.63. The Morgan fingerprint density at radius 1 is 1.25 bits per heavy atom. The van der Waals surface area contributed by atoms with E-state index in [0.717, 1.165) is 38.1 Å². The lowest BCUT2D eigenvalue weighted by atomic mass is 9.53. The Bertz CT molecular complexity index is 712. The molecular formula is C20H25NO3. The third-order valence-corrected chi connectivity index (χ3v) is 6.90. The van der Waals surface area contributed by atoms with Gasteiger partial charge in [-0.15, -0.1) is 0 Å². The van der Waals surface area contributed by atoms with E-state index >= 15 is 0 Å². The first-order chi connectivity index (χ1) is 11.6. The summed E-state index contributed by atoms with van der Waals surface area (Å²) in [6, 6.07) is 0. The number of carbonyl (C=O) groups is 1. The fourth-order valence-electron chi connectivity index (χ4n) is 5.52. The number of carbonyl (C=O) groups excluding carboxylic acids is 1. The molecule has 0 amide bonds. The smallest absolute Gasteiger partial charge is 0.174 e. The van der Waals surface area contributed by atoms with Gasteiger partial charge in [0.2, 0.25) is 0 Å². The molecule has 3 atom stereocenters. The molecule has 3 fully saturated rings. The molecule has 1 N–H and O–H groups in total. The monoisotopic (exact) mass is 327 g/mol. The van der Waals surface area contributed by atoms with Gasteiger partial charge in [-0.1, -0.05) is 12.5 Å². The van der Waals surface area contributed by atoms with Gasteiger partial charge in [-0.05, 0) is 38.0 Å². The van der Waals surface area contributed by atoms with Crippen LogP contribution in [0.4, 0.5) is 0 Å². The van der Waals surface area contributed by atoms with E-state index in [0.29, 0.717) is 30.3 Å². The molecule has 1 saturated heterocycles. The van der Waals surface area contributed by atoms with Gasteiger partial charge in [0, 0.05) is 43.0 Å². The average molecular weight is 327 g/mol. The first kappa shape index (κ1) is 14.7. The summed E-state index contributed by atoms with van der Waals surface area (Å²) in [4.78, 5) is 17.7. The van der Waals surface area contributed by atoms with Gasteiger partial charge in [0.05, 0.1) is 5.41 Å². The predicted octanol–water partition coefficient (Wildman–Crippen LogP) is 3.88. The van der Waals surface area contributed by atoms with Gasteiger partial charge in [0.1, 0.15) is 5.76 Å². The van der Waals surface area contributed by atoms with Gasteiger partial charge in [0.15, 0.2) is 17.6 Å². The van der Waals surface area contributed by atoms with Crippen molar-refractivity contribution in [3.05, 3.63) is 22.7 Å². The molecule has 4 nitrogen and oxygen atoms in total. The highest BCUT2D eigenvalue weighted by atomic mass is 16.5. The molecule has 4 aliphatic carbocycles. The van der Waals surface area contributed by atoms with Crippen LogP contribution >= 0.6 is 0 Å². The van der Waals surface area contributed by atoms with Crippen LogP contribution < -0.4 is 0 Å². The maximum atomic E-state index is 12.7. The second-order valence-electron chi connectivity index (χ2n) is 8.16. The number of aliphatic hydroxyl groups excluding tert-OH is 1. The topological polar surface area (TPSA) is 58.9 Å². The zero-order valence-corrected chi connectivity index (χ0v) is 14.3. The zero-order chi connectivity index (χ0) is 16.5. The number of ether oxygens (including phenoxy) is 1. The van der Waals surface area contributed by atoms with E-state index in [2.05, 4.69) is 6.92 Å². The zero-order valence-electron chi connectivity index (χ0n) is 14.3. The number of nitrogens with zero attached hydrogens (tertiary/aromatic N) is 1. The minimum absolute atomic E-state index is 0.207. The molecule has 4 heteroatoms. The highest BCUT2D eigenvalue weighted by Gasteiger charge is 2.64. The molecule has 2 saturated carbocycles. The first-order valence-electron chi connectivity index (χ1n) is 9.52. The quantitative estimate of drug-likeness (QED) is 0.856. The first-order valence-corrected chi connectivity index (χ1v) is 9.52. The summed E-state index contributed by atoms with van der Waals surface area (Å²) in [5.74, 6) is 2.30. The second kappa shape index (κ2) is 4.96. The molecule has 0 aromatic heterocycles. The lowest BCUT2D eigenvalue weighted by molar-refractivity contribution is -0.136. The van der Waals surface area contributed by atoms with Gasteiger partial charge in [-0.25, -0.2) is 0 Å². The standard InChI is InChI=1S/C20H25NO3/c1-2-20-13-6-8-16(23)19(20)24-18-15(22)7-5-12(17(18)20)9-14(13)21-10-11-3-4-11/h11,13,19,22H,2-10H2,1H3/t13?,19?,20-/m1/s1. The van der Waals surface area contributed by atoms with Crippen LogP contribution in [0.15, 0.2) is 27.7 Å². The molecule has 5 aliphatic rings.